The number of rotatable bonds is 4. The minimum Gasteiger partial charge on any atom is -0.459 e. The Balaban J connectivity index is 1.28. The molecule has 9 heteroatoms. The van der Waals surface area contributed by atoms with Gasteiger partial charge in [0.15, 0.2) is 11.4 Å². The van der Waals surface area contributed by atoms with E-state index in [9.17, 15) is 14.4 Å². The van der Waals surface area contributed by atoms with Gasteiger partial charge in [0, 0.05) is 51.5 Å². The summed E-state index contributed by atoms with van der Waals surface area (Å²) in [6.45, 7) is 2.06. The Morgan fingerprint density at radius 2 is 1.74 bits per heavy atom. The SMILES string of the molecule is O=C(CCn1c(=O)c2cccn2c2cccnc21)N1CCN(C(=O)c2ccco2)CC1. The zero-order valence-electron chi connectivity index (χ0n) is 16.8. The predicted molar refractivity (Wildman–Crippen MR) is 113 cm³/mol. The van der Waals surface area contributed by atoms with E-state index in [1.807, 2.05) is 28.8 Å². The number of aromatic nitrogens is 3. The second-order valence-electron chi connectivity index (χ2n) is 7.47. The maximum atomic E-state index is 12.9. The number of furan rings is 1. The van der Waals surface area contributed by atoms with Crippen molar-refractivity contribution >= 4 is 28.5 Å². The lowest BCUT2D eigenvalue weighted by Crippen LogP contribution is -2.50. The quantitative estimate of drug-likeness (QED) is 0.501. The Labute approximate surface area is 177 Å². The zero-order valence-corrected chi connectivity index (χ0v) is 16.8. The molecule has 0 N–H and O–H groups in total. The number of hydrogen-bond donors (Lipinski definition) is 0. The number of carbonyl (C=O) groups excluding carboxylic acids is 2. The van der Waals surface area contributed by atoms with E-state index in [-0.39, 0.29) is 30.3 Å². The van der Waals surface area contributed by atoms with Gasteiger partial charge in [0.2, 0.25) is 5.91 Å². The summed E-state index contributed by atoms with van der Waals surface area (Å²) in [5.74, 6) is 0.0948. The third-order valence-electron chi connectivity index (χ3n) is 5.70. The molecule has 0 aliphatic carbocycles. The van der Waals surface area contributed by atoms with Gasteiger partial charge in [-0.1, -0.05) is 0 Å². The number of hydrogen-bond acceptors (Lipinski definition) is 5. The maximum Gasteiger partial charge on any atom is 0.289 e. The van der Waals surface area contributed by atoms with Gasteiger partial charge in [0.25, 0.3) is 11.5 Å². The third-order valence-corrected chi connectivity index (χ3v) is 5.70. The first-order valence-electron chi connectivity index (χ1n) is 10.2. The highest BCUT2D eigenvalue weighted by atomic mass is 16.3. The molecule has 4 aromatic heterocycles. The second kappa shape index (κ2) is 7.75. The van der Waals surface area contributed by atoms with Crippen LogP contribution in [0.4, 0.5) is 0 Å². The molecule has 1 saturated heterocycles. The van der Waals surface area contributed by atoms with Crippen LogP contribution >= 0.6 is 0 Å². The molecule has 0 atom stereocenters. The molecule has 1 aliphatic heterocycles. The fraction of sp³-hybridized carbons (Fsp3) is 0.273. The summed E-state index contributed by atoms with van der Waals surface area (Å²) in [6.07, 6.45) is 5.14. The average Bonchev–Trinajstić information content (AvgIpc) is 3.51. The van der Waals surface area contributed by atoms with Crippen molar-refractivity contribution in [2.75, 3.05) is 26.2 Å². The first-order valence-corrected chi connectivity index (χ1v) is 10.2. The Bertz CT molecular complexity index is 1310. The Hall–Kier alpha value is -3.88. The fourth-order valence-electron chi connectivity index (χ4n) is 4.07. The van der Waals surface area contributed by atoms with Gasteiger partial charge in [-0.2, -0.15) is 0 Å². The molecule has 2 amide bonds. The highest BCUT2D eigenvalue weighted by Gasteiger charge is 2.26. The molecule has 5 rings (SSSR count). The van der Waals surface area contributed by atoms with Crippen molar-refractivity contribution < 1.29 is 14.0 Å². The first-order chi connectivity index (χ1) is 15.1. The van der Waals surface area contributed by atoms with E-state index in [2.05, 4.69) is 4.98 Å². The van der Waals surface area contributed by atoms with Crippen molar-refractivity contribution in [1.82, 2.24) is 23.8 Å². The summed E-state index contributed by atoms with van der Waals surface area (Å²) < 4.78 is 8.56. The molecule has 1 aliphatic rings. The Morgan fingerprint density at radius 1 is 0.968 bits per heavy atom. The van der Waals surface area contributed by atoms with Crippen molar-refractivity contribution in [1.29, 1.82) is 0 Å². The van der Waals surface area contributed by atoms with Crippen molar-refractivity contribution in [3.63, 3.8) is 0 Å². The topological polar surface area (TPSA) is 93.1 Å². The summed E-state index contributed by atoms with van der Waals surface area (Å²) in [7, 11) is 0. The summed E-state index contributed by atoms with van der Waals surface area (Å²) in [4.78, 5) is 45.9. The number of aryl methyl sites for hydroxylation is 1. The van der Waals surface area contributed by atoms with Gasteiger partial charge in [-0.3, -0.25) is 19.0 Å². The summed E-state index contributed by atoms with van der Waals surface area (Å²) in [5.41, 5.74) is 1.76. The lowest BCUT2D eigenvalue weighted by Gasteiger charge is -2.34. The van der Waals surface area contributed by atoms with Crippen LogP contribution < -0.4 is 5.56 Å². The molecule has 0 aromatic carbocycles. The fourth-order valence-corrected chi connectivity index (χ4v) is 4.07. The van der Waals surface area contributed by atoms with Crippen LogP contribution in [0.25, 0.3) is 16.7 Å². The van der Waals surface area contributed by atoms with E-state index in [4.69, 9.17) is 4.42 Å². The van der Waals surface area contributed by atoms with Gasteiger partial charge in [0.1, 0.15) is 5.52 Å². The lowest BCUT2D eigenvalue weighted by molar-refractivity contribution is -0.132. The number of pyridine rings is 1. The maximum absolute atomic E-state index is 12.9. The van der Waals surface area contributed by atoms with Gasteiger partial charge in [0.05, 0.1) is 11.8 Å². The smallest absolute Gasteiger partial charge is 0.289 e. The molecule has 0 radical (unpaired) electrons. The van der Waals surface area contributed by atoms with Gasteiger partial charge in [-0.15, -0.1) is 0 Å². The van der Waals surface area contributed by atoms with Crippen molar-refractivity contribution in [2.24, 2.45) is 0 Å². The number of nitrogens with zero attached hydrogens (tertiary/aromatic N) is 5. The molecule has 4 aromatic rings. The lowest BCUT2D eigenvalue weighted by atomic mass is 10.2. The van der Waals surface area contributed by atoms with Crippen molar-refractivity contribution in [3.05, 3.63) is 71.2 Å². The first kappa shape index (κ1) is 19.1. The van der Waals surface area contributed by atoms with Crippen LogP contribution in [0.2, 0.25) is 0 Å². The van der Waals surface area contributed by atoms with Crippen LogP contribution in [0.3, 0.4) is 0 Å². The van der Waals surface area contributed by atoms with E-state index in [1.165, 1.54) is 6.26 Å². The highest BCUT2D eigenvalue weighted by molar-refractivity contribution is 5.91. The van der Waals surface area contributed by atoms with Gasteiger partial charge < -0.3 is 18.6 Å². The predicted octanol–water partition coefficient (Wildman–Crippen LogP) is 1.62. The normalized spacial score (nSPS) is 14.5. The second-order valence-corrected chi connectivity index (χ2v) is 7.47. The van der Waals surface area contributed by atoms with Crippen LogP contribution in [0.15, 0.2) is 64.3 Å². The van der Waals surface area contributed by atoms with Crippen LogP contribution in [-0.2, 0) is 11.3 Å². The van der Waals surface area contributed by atoms with Gasteiger partial charge in [-0.05, 0) is 36.4 Å². The zero-order chi connectivity index (χ0) is 21.4. The largest absolute Gasteiger partial charge is 0.459 e. The highest BCUT2D eigenvalue weighted by Crippen LogP contribution is 2.14. The molecule has 9 nitrogen and oxygen atoms in total. The van der Waals surface area contributed by atoms with E-state index < -0.39 is 0 Å². The minimum atomic E-state index is -0.169. The Kier molecular flexibility index (Phi) is 4.78. The molecule has 5 heterocycles. The van der Waals surface area contributed by atoms with E-state index >= 15 is 0 Å². The molecule has 0 spiro atoms. The van der Waals surface area contributed by atoms with Gasteiger partial charge in [-0.25, -0.2) is 4.98 Å². The summed E-state index contributed by atoms with van der Waals surface area (Å²) in [5, 5.41) is 0. The molecule has 1 fully saturated rings. The third kappa shape index (κ3) is 3.37. The van der Waals surface area contributed by atoms with E-state index in [0.717, 1.165) is 5.52 Å². The van der Waals surface area contributed by atoms with Crippen LogP contribution in [0.1, 0.15) is 17.0 Å². The van der Waals surface area contributed by atoms with E-state index in [0.29, 0.717) is 43.1 Å². The molecule has 31 heavy (non-hydrogen) atoms. The molecule has 0 unspecified atom stereocenters. The van der Waals surface area contributed by atoms with Crippen LogP contribution in [0, 0.1) is 0 Å². The molecule has 0 saturated carbocycles. The van der Waals surface area contributed by atoms with Crippen LogP contribution in [-0.4, -0.2) is 61.7 Å². The standard InChI is InChI=1S/C22H21N5O4/c28-19(24-11-13-25(14-12-24)22(30)18-6-3-15-31-18)7-10-27-20-16(4-1-8-23-20)26-9-2-5-17(26)21(27)29/h1-6,8-9,15H,7,10-14H2. The molecule has 158 valence electrons. The van der Waals surface area contributed by atoms with Crippen LogP contribution in [0.5, 0.6) is 0 Å². The number of amides is 2. The van der Waals surface area contributed by atoms with Crippen molar-refractivity contribution in [3.8, 4) is 0 Å². The summed E-state index contributed by atoms with van der Waals surface area (Å²) >= 11 is 0. The monoisotopic (exact) mass is 419 g/mol. The number of fused-ring (bicyclic) bond motifs is 3. The summed E-state index contributed by atoms with van der Waals surface area (Å²) in [6, 6.07) is 10.6. The minimum absolute atomic E-state index is 0.0451. The number of carbonyl (C=O) groups is 2. The Morgan fingerprint density at radius 3 is 2.52 bits per heavy atom. The molecular weight excluding hydrogens is 398 g/mol. The van der Waals surface area contributed by atoms with E-state index in [1.54, 1.807) is 38.8 Å². The van der Waals surface area contributed by atoms with Gasteiger partial charge >= 0.3 is 0 Å². The average molecular weight is 419 g/mol. The molecule has 0 bridgehead atoms. The van der Waals surface area contributed by atoms with Crippen molar-refractivity contribution in [2.45, 2.75) is 13.0 Å². The molecular formula is C22H21N5O4. The number of piperazine rings is 1.